The minimum atomic E-state index is -0.226. The number of carbonyl (C=O) groups excluding carboxylic acids is 1. The van der Waals surface area contributed by atoms with E-state index in [1.807, 2.05) is 18.2 Å². The van der Waals surface area contributed by atoms with Crippen LogP contribution in [0.25, 0.3) is 0 Å². The number of benzene rings is 2. The molecule has 1 N–H and O–H groups in total. The SMILES string of the molecule is C=CCOc1ccc(C(=O)Nc2nnc(SCc3ccccc3)s2)cc1. The van der Waals surface area contributed by atoms with E-state index in [-0.39, 0.29) is 5.91 Å². The molecule has 0 radical (unpaired) electrons. The molecule has 0 saturated carbocycles. The monoisotopic (exact) mass is 383 g/mol. The van der Waals surface area contributed by atoms with Gasteiger partial charge in [-0.25, -0.2) is 0 Å². The van der Waals surface area contributed by atoms with E-state index in [9.17, 15) is 4.79 Å². The van der Waals surface area contributed by atoms with Gasteiger partial charge in [0.1, 0.15) is 12.4 Å². The third kappa shape index (κ3) is 5.18. The molecule has 3 aromatic rings. The number of hydrogen-bond acceptors (Lipinski definition) is 6. The van der Waals surface area contributed by atoms with Crippen molar-refractivity contribution in [3.8, 4) is 5.75 Å². The zero-order chi connectivity index (χ0) is 18.2. The molecule has 0 saturated heterocycles. The number of nitrogens with one attached hydrogen (secondary N) is 1. The van der Waals surface area contributed by atoms with E-state index in [0.717, 1.165) is 10.1 Å². The summed E-state index contributed by atoms with van der Waals surface area (Å²) in [4.78, 5) is 12.3. The van der Waals surface area contributed by atoms with Gasteiger partial charge < -0.3 is 4.74 Å². The molecule has 0 bridgehead atoms. The molecular weight excluding hydrogens is 366 g/mol. The highest BCUT2D eigenvalue weighted by atomic mass is 32.2. The van der Waals surface area contributed by atoms with E-state index in [1.165, 1.54) is 16.9 Å². The maximum absolute atomic E-state index is 12.3. The average molecular weight is 383 g/mol. The summed E-state index contributed by atoms with van der Waals surface area (Å²) in [5, 5.41) is 11.4. The molecule has 0 atom stereocenters. The second kappa shape index (κ2) is 9.17. The van der Waals surface area contributed by atoms with Gasteiger partial charge in [-0.3, -0.25) is 10.1 Å². The predicted molar refractivity (Wildman–Crippen MR) is 106 cm³/mol. The first-order valence-corrected chi connectivity index (χ1v) is 9.70. The fourth-order valence-electron chi connectivity index (χ4n) is 2.06. The van der Waals surface area contributed by atoms with E-state index >= 15 is 0 Å². The summed E-state index contributed by atoms with van der Waals surface area (Å²) in [6.45, 7) is 4.03. The number of aromatic nitrogens is 2. The number of carbonyl (C=O) groups is 1. The third-order valence-electron chi connectivity index (χ3n) is 3.32. The Kier molecular flexibility index (Phi) is 6.40. The highest BCUT2D eigenvalue weighted by molar-refractivity contribution is 8.00. The fraction of sp³-hybridized carbons (Fsp3) is 0.105. The summed E-state index contributed by atoms with van der Waals surface area (Å²) in [5.74, 6) is 1.28. The molecule has 0 aliphatic rings. The van der Waals surface area contributed by atoms with Crippen molar-refractivity contribution in [3.63, 3.8) is 0 Å². The molecule has 0 unspecified atom stereocenters. The molecule has 7 heteroatoms. The Bertz CT molecular complexity index is 864. The Morgan fingerprint density at radius 2 is 1.92 bits per heavy atom. The lowest BCUT2D eigenvalue weighted by atomic mass is 10.2. The van der Waals surface area contributed by atoms with E-state index in [2.05, 4.69) is 34.2 Å². The highest BCUT2D eigenvalue weighted by Crippen LogP contribution is 2.28. The summed E-state index contributed by atoms with van der Waals surface area (Å²) in [6.07, 6.45) is 1.67. The maximum atomic E-state index is 12.3. The second-order valence-corrected chi connectivity index (χ2v) is 7.43. The number of thioether (sulfide) groups is 1. The Morgan fingerprint density at radius 3 is 2.65 bits per heavy atom. The van der Waals surface area contributed by atoms with Gasteiger partial charge in [0.25, 0.3) is 5.91 Å². The number of hydrogen-bond donors (Lipinski definition) is 1. The summed E-state index contributed by atoms with van der Waals surface area (Å²) in [7, 11) is 0. The minimum absolute atomic E-state index is 0.226. The number of rotatable bonds is 8. The maximum Gasteiger partial charge on any atom is 0.257 e. The standard InChI is InChI=1S/C19H17N3O2S2/c1-2-12-24-16-10-8-15(9-11-16)17(23)20-18-21-22-19(26-18)25-13-14-6-4-3-5-7-14/h2-11H,1,12-13H2,(H,20,21,23). The van der Waals surface area contributed by atoms with Crippen molar-refractivity contribution in [2.75, 3.05) is 11.9 Å². The molecule has 0 fully saturated rings. The van der Waals surface area contributed by atoms with Gasteiger partial charge in [-0.2, -0.15) is 0 Å². The lowest BCUT2D eigenvalue weighted by Crippen LogP contribution is -2.11. The van der Waals surface area contributed by atoms with Crippen molar-refractivity contribution in [3.05, 3.63) is 78.4 Å². The Balaban J connectivity index is 1.54. The van der Waals surface area contributed by atoms with Crippen LogP contribution in [0.2, 0.25) is 0 Å². The van der Waals surface area contributed by atoms with E-state index in [1.54, 1.807) is 42.1 Å². The summed E-state index contributed by atoms with van der Waals surface area (Å²) >= 11 is 2.96. The van der Waals surface area contributed by atoms with Gasteiger partial charge in [-0.15, -0.1) is 10.2 Å². The van der Waals surface area contributed by atoms with Gasteiger partial charge in [-0.1, -0.05) is 66.1 Å². The molecule has 3 rings (SSSR count). The number of ether oxygens (including phenoxy) is 1. The van der Waals surface area contributed by atoms with Crippen LogP contribution in [0.3, 0.4) is 0 Å². The first kappa shape index (κ1) is 18.2. The van der Waals surface area contributed by atoms with Crippen LogP contribution < -0.4 is 10.1 Å². The van der Waals surface area contributed by atoms with Gasteiger partial charge in [0.15, 0.2) is 4.34 Å². The fourth-order valence-corrected chi connectivity index (χ4v) is 3.77. The van der Waals surface area contributed by atoms with Crippen molar-refractivity contribution >= 4 is 34.1 Å². The third-order valence-corrected chi connectivity index (χ3v) is 5.36. The molecule has 1 heterocycles. The summed E-state index contributed by atoms with van der Waals surface area (Å²) in [6, 6.07) is 17.1. The van der Waals surface area contributed by atoms with Crippen LogP contribution >= 0.6 is 23.1 Å². The van der Waals surface area contributed by atoms with Gasteiger partial charge in [-0.05, 0) is 29.8 Å². The molecule has 5 nitrogen and oxygen atoms in total. The number of nitrogens with zero attached hydrogens (tertiary/aromatic N) is 2. The van der Waals surface area contributed by atoms with Gasteiger partial charge >= 0.3 is 0 Å². The second-order valence-electron chi connectivity index (χ2n) is 5.23. The van der Waals surface area contributed by atoms with Crippen molar-refractivity contribution in [2.45, 2.75) is 10.1 Å². The quantitative estimate of drug-likeness (QED) is 0.348. The largest absolute Gasteiger partial charge is 0.490 e. The van der Waals surface area contributed by atoms with Crippen molar-refractivity contribution in [1.82, 2.24) is 10.2 Å². The number of amides is 1. The minimum Gasteiger partial charge on any atom is -0.490 e. The lowest BCUT2D eigenvalue weighted by Gasteiger charge is -2.04. The Hall–Kier alpha value is -2.64. The van der Waals surface area contributed by atoms with Crippen LogP contribution in [-0.4, -0.2) is 22.7 Å². The predicted octanol–water partition coefficient (Wildman–Crippen LogP) is 4.65. The molecule has 1 amide bonds. The molecule has 0 spiro atoms. The highest BCUT2D eigenvalue weighted by Gasteiger charge is 2.11. The molecule has 0 aliphatic heterocycles. The average Bonchev–Trinajstić information content (AvgIpc) is 3.13. The summed E-state index contributed by atoms with van der Waals surface area (Å²) < 4.78 is 6.22. The van der Waals surface area contributed by atoms with E-state index in [0.29, 0.717) is 23.1 Å². The normalized spacial score (nSPS) is 10.3. The zero-order valence-electron chi connectivity index (χ0n) is 13.9. The number of anilines is 1. The molecule has 132 valence electrons. The molecular formula is C19H17N3O2S2. The van der Waals surface area contributed by atoms with E-state index < -0.39 is 0 Å². The Labute approximate surface area is 160 Å². The molecule has 2 aromatic carbocycles. The van der Waals surface area contributed by atoms with Crippen LogP contribution in [0, 0.1) is 0 Å². The van der Waals surface area contributed by atoms with E-state index in [4.69, 9.17) is 4.74 Å². The zero-order valence-corrected chi connectivity index (χ0v) is 15.6. The van der Waals surface area contributed by atoms with Crippen molar-refractivity contribution in [2.24, 2.45) is 0 Å². The first-order chi connectivity index (χ1) is 12.7. The summed E-state index contributed by atoms with van der Waals surface area (Å²) in [5.41, 5.74) is 1.75. The van der Waals surface area contributed by atoms with Crippen molar-refractivity contribution in [1.29, 1.82) is 0 Å². The van der Waals surface area contributed by atoms with Gasteiger partial charge in [0.2, 0.25) is 5.13 Å². The smallest absolute Gasteiger partial charge is 0.257 e. The molecule has 1 aromatic heterocycles. The van der Waals surface area contributed by atoms with Gasteiger partial charge in [0, 0.05) is 11.3 Å². The van der Waals surface area contributed by atoms with Crippen LogP contribution in [0.5, 0.6) is 5.75 Å². The topological polar surface area (TPSA) is 64.1 Å². The van der Waals surface area contributed by atoms with Crippen LogP contribution in [-0.2, 0) is 5.75 Å². The first-order valence-electron chi connectivity index (χ1n) is 7.90. The van der Waals surface area contributed by atoms with Crippen LogP contribution in [0.15, 0.2) is 71.6 Å². The lowest BCUT2D eigenvalue weighted by molar-refractivity contribution is 0.102. The van der Waals surface area contributed by atoms with Crippen LogP contribution in [0.4, 0.5) is 5.13 Å². The van der Waals surface area contributed by atoms with Crippen molar-refractivity contribution < 1.29 is 9.53 Å². The van der Waals surface area contributed by atoms with Crippen LogP contribution in [0.1, 0.15) is 15.9 Å². The molecule has 26 heavy (non-hydrogen) atoms. The molecule has 0 aliphatic carbocycles. The van der Waals surface area contributed by atoms with Gasteiger partial charge in [0.05, 0.1) is 0 Å². The Morgan fingerprint density at radius 1 is 1.15 bits per heavy atom.